The van der Waals surface area contributed by atoms with Crippen LogP contribution in [0.25, 0.3) is 11.0 Å². The minimum absolute atomic E-state index is 0.102. The van der Waals surface area contributed by atoms with E-state index in [1.54, 1.807) is 24.4 Å². The molecule has 1 N–H and O–H groups in total. The number of hydrogen-bond acceptors (Lipinski definition) is 5. The fourth-order valence-corrected chi connectivity index (χ4v) is 4.14. The predicted molar refractivity (Wildman–Crippen MR) is 112 cm³/mol. The molecule has 4 aromatic rings. The first-order valence-electron chi connectivity index (χ1n) is 10.1. The van der Waals surface area contributed by atoms with Crippen molar-refractivity contribution in [3.8, 4) is 0 Å². The van der Waals surface area contributed by atoms with Crippen LogP contribution in [0.1, 0.15) is 40.5 Å². The SMILES string of the molecule is O=C(Cc1ccccn1)c1cnc2[nH]nc(N3CCC[C@@H]3c3cc(F)ccc3F)c2c1. The molecule has 0 aliphatic carbocycles. The van der Waals surface area contributed by atoms with Crippen LogP contribution in [0.4, 0.5) is 14.6 Å². The van der Waals surface area contributed by atoms with Gasteiger partial charge in [-0.3, -0.25) is 14.9 Å². The van der Waals surface area contributed by atoms with Gasteiger partial charge >= 0.3 is 0 Å². The Morgan fingerprint density at radius 3 is 2.90 bits per heavy atom. The number of aromatic nitrogens is 4. The number of nitrogens with one attached hydrogen (secondary N) is 1. The smallest absolute Gasteiger partial charge is 0.170 e. The predicted octanol–water partition coefficient (Wildman–Crippen LogP) is 4.40. The Morgan fingerprint density at radius 2 is 2.06 bits per heavy atom. The van der Waals surface area contributed by atoms with Crippen molar-refractivity contribution >= 4 is 22.6 Å². The van der Waals surface area contributed by atoms with Crippen molar-refractivity contribution in [3.05, 3.63) is 83.3 Å². The van der Waals surface area contributed by atoms with Gasteiger partial charge in [0.2, 0.25) is 0 Å². The van der Waals surface area contributed by atoms with Crippen molar-refractivity contribution in [1.82, 2.24) is 20.2 Å². The van der Waals surface area contributed by atoms with E-state index in [1.807, 2.05) is 11.0 Å². The molecular weight excluding hydrogens is 400 g/mol. The van der Waals surface area contributed by atoms with E-state index in [0.29, 0.717) is 46.6 Å². The molecule has 4 heterocycles. The molecule has 1 fully saturated rings. The average Bonchev–Trinajstić information content (AvgIpc) is 3.42. The first-order valence-corrected chi connectivity index (χ1v) is 10.1. The Hall–Kier alpha value is -3.68. The van der Waals surface area contributed by atoms with Crippen LogP contribution in [0.5, 0.6) is 0 Å². The lowest BCUT2D eigenvalue weighted by atomic mass is 10.0. The second-order valence-corrected chi connectivity index (χ2v) is 7.61. The van der Waals surface area contributed by atoms with E-state index in [-0.39, 0.29) is 18.2 Å². The number of benzene rings is 1. The van der Waals surface area contributed by atoms with E-state index in [4.69, 9.17) is 0 Å². The molecule has 0 unspecified atom stereocenters. The van der Waals surface area contributed by atoms with Crippen LogP contribution in [0, 0.1) is 11.6 Å². The number of hydrogen-bond donors (Lipinski definition) is 1. The normalized spacial score (nSPS) is 16.2. The highest BCUT2D eigenvalue weighted by Crippen LogP contribution is 2.39. The Balaban J connectivity index is 1.49. The summed E-state index contributed by atoms with van der Waals surface area (Å²) in [6.07, 6.45) is 4.84. The zero-order valence-corrected chi connectivity index (χ0v) is 16.6. The molecule has 1 saturated heterocycles. The maximum atomic E-state index is 14.4. The number of carbonyl (C=O) groups excluding carboxylic acids is 1. The van der Waals surface area contributed by atoms with Gasteiger partial charge in [0.25, 0.3) is 0 Å². The van der Waals surface area contributed by atoms with Crippen molar-refractivity contribution in [1.29, 1.82) is 0 Å². The summed E-state index contributed by atoms with van der Waals surface area (Å²) in [5.41, 5.74) is 1.98. The maximum absolute atomic E-state index is 14.4. The van der Waals surface area contributed by atoms with Crippen molar-refractivity contribution in [3.63, 3.8) is 0 Å². The number of Topliss-reactive ketones (excluding diaryl/α,β-unsaturated/α-hetero) is 1. The average molecular weight is 419 g/mol. The van der Waals surface area contributed by atoms with E-state index in [0.717, 1.165) is 18.6 Å². The van der Waals surface area contributed by atoms with Gasteiger partial charge in [0.15, 0.2) is 17.2 Å². The van der Waals surface area contributed by atoms with Crippen LogP contribution < -0.4 is 4.90 Å². The lowest BCUT2D eigenvalue weighted by Crippen LogP contribution is -2.24. The topological polar surface area (TPSA) is 74.8 Å². The van der Waals surface area contributed by atoms with Crippen molar-refractivity contribution < 1.29 is 13.6 Å². The highest BCUT2D eigenvalue weighted by molar-refractivity contribution is 6.01. The molecule has 1 atom stereocenters. The lowest BCUT2D eigenvalue weighted by Gasteiger charge is -2.25. The summed E-state index contributed by atoms with van der Waals surface area (Å²) < 4.78 is 28.2. The summed E-state index contributed by atoms with van der Waals surface area (Å²) >= 11 is 0. The second-order valence-electron chi connectivity index (χ2n) is 7.61. The van der Waals surface area contributed by atoms with Gasteiger partial charge in [0.05, 0.1) is 17.8 Å². The summed E-state index contributed by atoms with van der Waals surface area (Å²) in [5.74, 6) is -0.433. The quantitative estimate of drug-likeness (QED) is 0.486. The van der Waals surface area contributed by atoms with E-state index < -0.39 is 11.6 Å². The van der Waals surface area contributed by atoms with Gasteiger partial charge in [-0.05, 0) is 49.2 Å². The van der Waals surface area contributed by atoms with Gasteiger partial charge < -0.3 is 4.90 Å². The third kappa shape index (κ3) is 3.65. The number of fused-ring (bicyclic) bond motifs is 1. The summed E-state index contributed by atoms with van der Waals surface area (Å²) in [6.45, 7) is 0.646. The molecule has 8 heteroatoms. The van der Waals surface area contributed by atoms with E-state index in [1.165, 1.54) is 12.3 Å². The molecule has 0 radical (unpaired) electrons. The van der Waals surface area contributed by atoms with Gasteiger partial charge in [-0.25, -0.2) is 13.8 Å². The summed E-state index contributed by atoms with van der Waals surface area (Å²) in [4.78, 5) is 23.3. The molecule has 0 amide bonds. The Labute approximate surface area is 177 Å². The van der Waals surface area contributed by atoms with Crippen molar-refractivity contribution in [2.75, 3.05) is 11.4 Å². The molecule has 3 aromatic heterocycles. The third-order valence-corrected chi connectivity index (χ3v) is 5.63. The Bertz CT molecular complexity index is 1260. The molecule has 31 heavy (non-hydrogen) atoms. The number of anilines is 1. The first-order chi connectivity index (χ1) is 15.1. The Morgan fingerprint density at radius 1 is 1.16 bits per heavy atom. The fourth-order valence-electron chi connectivity index (χ4n) is 4.14. The van der Waals surface area contributed by atoms with Gasteiger partial charge in [-0.15, -0.1) is 0 Å². The number of carbonyl (C=O) groups is 1. The number of nitrogens with zero attached hydrogens (tertiary/aromatic N) is 4. The van der Waals surface area contributed by atoms with Gasteiger partial charge in [-0.2, -0.15) is 5.10 Å². The highest BCUT2D eigenvalue weighted by atomic mass is 19.1. The lowest BCUT2D eigenvalue weighted by molar-refractivity contribution is 0.0991. The number of H-pyrrole nitrogens is 1. The van der Waals surface area contributed by atoms with E-state index >= 15 is 0 Å². The maximum Gasteiger partial charge on any atom is 0.170 e. The Kier molecular flexibility index (Phi) is 4.89. The molecule has 0 spiro atoms. The molecule has 5 rings (SSSR count). The molecule has 0 bridgehead atoms. The molecule has 1 aliphatic rings. The third-order valence-electron chi connectivity index (χ3n) is 5.63. The zero-order valence-electron chi connectivity index (χ0n) is 16.6. The number of pyridine rings is 2. The molecule has 1 aromatic carbocycles. The van der Waals surface area contributed by atoms with Crippen LogP contribution in [-0.2, 0) is 6.42 Å². The van der Waals surface area contributed by atoms with Crippen LogP contribution in [0.2, 0.25) is 0 Å². The number of aromatic amines is 1. The number of halogens is 2. The number of ketones is 1. The van der Waals surface area contributed by atoms with Crippen LogP contribution >= 0.6 is 0 Å². The molecule has 1 aliphatic heterocycles. The molecular formula is C23H19F2N5O. The molecule has 0 saturated carbocycles. The number of rotatable bonds is 5. The van der Waals surface area contributed by atoms with Gasteiger partial charge in [0, 0.05) is 35.8 Å². The van der Waals surface area contributed by atoms with Gasteiger partial charge in [-0.1, -0.05) is 6.07 Å². The van der Waals surface area contributed by atoms with Crippen LogP contribution in [0.3, 0.4) is 0 Å². The van der Waals surface area contributed by atoms with Crippen molar-refractivity contribution in [2.45, 2.75) is 25.3 Å². The monoisotopic (exact) mass is 419 g/mol. The fraction of sp³-hybridized carbons (Fsp3) is 0.217. The van der Waals surface area contributed by atoms with Gasteiger partial charge in [0.1, 0.15) is 11.6 Å². The summed E-state index contributed by atoms with van der Waals surface area (Å²) in [5, 5.41) is 7.95. The molecule has 156 valence electrons. The first kappa shape index (κ1) is 19.3. The van der Waals surface area contributed by atoms with Crippen LogP contribution in [0.15, 0.2) is 54.9 Å². The summed E-state index contributed by atoms with van der Waals surface area (Å²) in [7, 11) is 0. The second kappa shape index (κ2) is 7.86. The standard InChI is InChI=1S/C23H19F2N5O/c24-15-6-7-19(25)17(11-15)20-5-3-9-30(20)23-18-10-14(13-27-22(18)28-29-23)21(31)12-16-4-1-2-8-26-16/h1-2,4,6-8,10-11,13,20H,3,5,9,12H2,(H,27,28,29)/t20-/m1/s1. The van der Waals surface area contributed by atoms with E-state index in [2.05, 4.69) is 20.2 Å². The highest BCUT2D eigenvalue weighted by Gasteiger charge is 2.31. The minimum atomic E-state index is -0.473. The largest absolute Gasteiger partial charge is 0.347 e. The van der Waals surface area contributed by atoms with Crippen LogP contribution in [-0.4, -0.2) is 32.5 Å². The van der Waals surface area contributed by atoms with E-state index in [9.17, 15) is 13.6 Å². The van der Waals surface area contributed by atoms with Crippen molar-refractivity contribution in [2.24, 2.45) is 0 Å². The zero-order chi connectivity index (χ0) is 21.4. The summed E-state index contributed by atoms with van der Waals surface area (Å²) in [6, 6.07) is 10.4. The minimum Gasteiger partial charge on any atom is -0.347 e. The molecule has 6 nitrogen and oxygen atoms in total.